The van der Waals surface area contributed by atoms with E-state index in [1.807, 2.05) is 0 Å². The van der Waals surface area contributed by atoms with Gasteiger partial charge >= 0.3 is 10.9 Å². The third-order valence-electron chi connectivity index (χ3n) is 2.40. The van der Waals surface area contributed by atoms with Crippen LogP contribution in [0.5, 0.6) is 11.5 Å². The molecule has 0 spiro atoms. The predicted molar refractivity (Wildman–Crippen MR) is 65.1 cm³/mol. The van der Waals surface area contributed by atoms with Crippen molar-refractivity contribution < 1.29 is 27.4 Å². The fourth-order valence-corrected chi connectivity index (χ4v) is 1.57. The van der Waals surface area contributed by atoms with E-state index in [1.165, 1.54) is 0 Å². The molecular weight excluding hydrogens is 332 g/mol. The standard InChI is InChI=1S/C12H7BrF4O2/c13-11(14,15)12(16,17)19-10-6-8-4-2-1-3-7(8)5-9(10)18/h1-6,18H. The van der Waals surface area contributed by atoms with E-state index < -0.39 is 22.4 Å². The number of halogens is 5. The molecule has 0 heterocycles. The van der Waals surface area contributed by atoms with E-state index in [1.54, 1.807) is 40.2 Å². The first kappa shape index (κ1) is 13.9. The van der Waals surface area contributed by atoms with E-state index in [9.17, 15) is 22.7 Å². The smallest absolute Gasteiger partial charge is 0.475 e. The highest BCUT2D eigenvalue weighted by molar-refractivity contribution is 9.10. The van der Waals surface area contributed by atoms with Gasteiger partial charge in [-0.05, 0) is 22.9 Å². The first-order valence-corrected chi connectivity index (χ1v) is 5.85. The van der Waals surface area contributed by atoms with Crippen LogP contribution in [0.25, 0.3) is 10.8 Å². The fraction of sp³-hybridized carbons (Fsp3) is 0.167. The molecule has 0 amide bonds. The van der Waals surface area contributed by atoms with Gasteiger partial charge in [-0.1, -0.05) is 24.3 Å². The summed E-state index contributed by atoms with van der Waals surface area (Å²) in [5, 5.41) is 10.6. The Bertz CT molecular complexity index is 610. The molecule has 0 saturated heterocycles. The van der Waals surface area contributed by atoms with Gasteiger partial charge in [0.25, 0.3) is 0 Å². The number of phenolic OH excluding ortho intramolecular Hbond substituents is 1. The number of aromatic hydroxyl groups is 1. The number of ether oxygens (including phenoxy) is 1. The quantitative estimate of drug-likeness (QED) is 0.659. The number of benzene rings is 2. The average Bonchev–Trinajstić information content (AvgIpc) is 2.28. The van der Waals surface area contributed by atoms with Gasteiger partial charge in [-0.3, -0.25) is 0 Å². The van der Waals surface area contributed by atoms with Gasteiger partial charge in [0.15, 0.2) is 11.5 Å². The molecule has 0 unspecified atom stereocenters. The number of rotatable bonds is 3. The Labute approximate surface area is 113 Å². The SMILES string of the molecule is Oc1cc2ccccc2cc1OC(F)(F)C(F)(F)Br. The number of alkyl halides is 5. The molecule has 2 aromatic carbocycles. The van der Waals surface area contributed by atoms with Gasteiger partial charge in [-0.25, -0.2) is 0 Å². The molecule has 0 fully saturated rings. The lowest BCUT2D eigenvalue weighted by Gasteiger charge is -2.22. The molecule has 0 aromatic heterocycles. The van der Waals surface area contributed by atoms with Crippen LogP contribution in [0.15, 0.2) is 36.4 Å². The number of hydrogen-bond acceptors (Lipinski definition) is 2. The minimum atomic E-state index is -4.78. The van der Waals surface area contributed by atoms with E-state index in [2.05, 4.69) is 4.74 Å². The molecule has 2 nitrogen and oxygen atoms in total. The summed E-state index contributed by atoms with van der Waals surface area (Å²) in [4.78, 5) is -4.54. The van der Waals surface area contributed by atoms with Gasteiger partial charge in [0.2, 0.25) is 0 Å². The van der Waals surface area contributed by atoms with Crippen LogP contribution in [0.1, 0.15) is 0 Å². The molecule has 0 bridgehead atoms. The normalized spacial score (nSPS) is 12.7. The molecule has 102 valence electrons. The van der Waals surface area contributed by atoms with Crippen LogP contribution >= 0.6 is 15.9 Å². The minimum absolute atomic E-state index is 0.476. The number of fused-ring (bicyclic) bond motifs is 1. The second-order valence-corrected chi connectivity index (χ2v) is 4.78. The van der Waals surface area contributed by atoms with Crippen molar-refractivity contribution in [3.8, 4) is 11.5 Å². The largest absolute Gasteiger partial charge is 0.504 e. The van der Waals surface area contributed by atoms with E-state index in [4.69, 9.17) is 0 Å². The monoisotopic (exact) mass is 338 g/mol. The molecule has 19 heavy (non-hydrogen) atoms. The molecular formula is C12H7BrF4O2. The Morgan fingerprint density at radius 3 is 2.05 bits per heavy atom. The van der Waals surface area contributed by atoms with Crippen molar-refractivity contribution in [2.75, 3.05) is 0 Å². The summed E-state index contributed by atoms with van der Waals surface area (Å²) in [5.41, 5.74) is 0. The van der Waals surface area contributed by atoms with Crippen molar-refractivity contribution in [3.63, 3.8) is 0 Å². The summed E-state index contributed by atoms with van der Waals surface area (Å²) < 4.78 is 55.2. The molecule has 7 heteroatoms. The first-order valence-electron chi connectivity index (χ1n) is 5.06. The molecule has 1 N–H and O–H groups in total. The van der Waals surface area contributed by atoms with Crippen LogP contribution in [-0.2, 0) is 0 Å². The molecule has 2 aromatic rings. The summed E-state index contributed by atoms with van der Waals surface area (Å²) in [5.74, 6) is -1.36. The lowest BCUT2D eigenvalue weighted by molar-refractivity contribution is -0.266. The van der Waals surface area contributed by atoms with Crippen molar-refractivity contribution >= 4 is 26.7 Å². The second-order valence-electron chi connectivity index (χ2n) is 3.78. The van der Waals surface area contributed by atoms with E-state index in [0.717, 1.165) is 12.1 Å². The Kier molecular flexibility index (Phi) is 3.34. The zero-order chi connectivity index (χ0) is 14.3. The van der Waals surface area contributed by atoms with Gasteiger partial charge in [-0.2, -0.15) is 17.6 Å². The maximum Gasteiger partial charge on any atom is 0.475 e. The van der Waals surface area contributed by atoms with Crippen molar-refractivity contribution in [1.82, 2.24) is 0 Å². The van der Waals surface area contributed by atoms with Gasteiger partial charge in [0.1, 0.15) is 0 Å². The van der Waals surface area contributed by atoms with Crippen molar-refractivity contribution in [1.29, 1.82) is 0 Å². The Balaban J connectivity index is 2.43. The third-order valence-corrected chi connectivity index (χ3v) is 2.86. The lowest BCUT2D eigenvalue weighted by Crippen LogP contribution is -2.40. The maximum absolute atomic E-state index is 13.1. The summed E-state index contributed by atoms with van der Waals surface area (Å²) in [6.07, 6.45) is -4.78. The predicted octanol–water partition coefficient (Wildman–Crippen LogP) is 4.50. The zero-order valence-corrected chi connectivity index (χ0v) is 10.8. The highest BCUT2D eigenvalue weighted by Gasteiger charge is 2.58. The van der Waals surface area contributed by atoms with Crippen LogP contribution < -0.4 is 4.74 Å². The lowest BCUT2D eigenvalue weighted by atomic mass is 10.1. The van der Waals surface area contributed by atoms with Gasteiger partial charge in [-0.15, -0.1) is 0 Å². The van der Waals surface area contributed by atoms with Crippen molar-refractivity contribution in [2.45, 2.75) is 10.9 Å². The minimum Gasteiger partial charge on any atom is -0.504 e. The summed E-state index contributed by atoms with van der Waals surface area (Å²) in [6, 6.07) is 8.76. The Morgan fingerprint density at radius 1 is 1.00 bits per heavy atom. The number of hydrogen-bond donors (Lipinski definition) is 1. The first-order chi connectivity index (χ1) is 8.71. The van der Waals surface area contributed by atoms with E-state index in [0.29, 0.717) is 10.8 Å². The van der Waals surface area contributed by atoms with Crippen LogP contribution in [0.4, 0.5) is 17.6 Å². The summed E-state index contributed by atoms with van der Waals surface area (Å²) in [7, 11) is 0. The van der Waals surface area contributed by atoms with Gasteiger partial charge in [0, 0.05) is 15.9 Å². The highest BCUT2D eigenvalue weighted by Crippen LogP contribution is 2.43. The molecule has 2 rings (SSSR count). The second kappa shape index (κ2) is 4.56. The van der Waals surface area contributed by atoms with Gasteiger partial charge < -0.3 is 9.84 Å². The Hall–Kier alpha value is -1.50. The zero-order valence-electron chi connectivity index (χ0n) is 9.21. The van der Waals surface area contributed by atoms with E-state index >= 15 is 0 Å². The summed E-state index contributed by atoms with van der Waals surface area (Å²) in [6.45, 7) is 0. The molecule has 0 radical (unpaired) electrons. The van der Waals surface area contributed by atoms with Crippen LogP contribution in [-0.4, -0.2) is 16.0 Å². The van der Waals surface area contributed by atoms with Crippen molar-refractivity contribution in [2.24, 2.45) is 0 Å². The fourth-order valence-electron chi connectivity index (χ4n) is 1.49. The van der Waals surface area contributed by atoms with Gasteiger partial charge in [0.05, 0.1) is 0 Å². The third kappa shape index (κ3) is 2.75. The molecule has 0 aliphatic carbocycles. The molecule has 0 aliphatic rings. The average molecular weight is 339 g/mol. The number of phenols is 1. The molecule has 0 atom stereocenters. The van der Waals surface area contributed by atoms with E-state index in [-0.39, 0.29) is 0 Å². The van der Waals surface area contributed by atoms with Crippen LogP contribution in [0.3, 0.4) is 0 Å². The van der Waals surface area contributed by atoms with Crippen LogP contribution in [0.2, 0.25) is 0 Å². The molecule has 0 aliphatic heterocycles. The van der Waals surface area contributed by atoms with Crippen molar-refractivity contribution in [3.05, 3.63) is 36.4 Å². The molecule has 0 saturated carbocycles. The van der Waals surface area contributed by atoms with Crippen LogP contribution in [0, 0.1) is 0 Å². The highest BCUT2D eigenvalue weighted by atomic mass is 79.9. The Morgan fingerprint density at radius 2 is 1.53 bits per heavy atom. The summed E-state index contributed by atoms with van der Waals surface area (Å²) >= 11 is 1.54. The maximum atomic E-state index is 13.1. The topological polar surface area (TPSA) is 29.5 Å².